The van der Waals surface area contributed by atoms with E-state index in [1.165, 1.54) is 6.47 Å². The molecule has 0 heterocycles. The number of rotatable bonds is 3. The van der Waals surface area contributed by atoms with E-state index in [0.717, 1.165) is 22.3 Å². The van der Waals surface area contributed by atoms with E-state index in [2.05, 4.69) is 4.74 Å². The van der Waals surface area contributed by atoms with Crippen molar-refractivity contribution >= 4 is 6.47 Å². The van der Waals surface area contributed by atoms with Crippen molar-refractivity contribution in [1.29, 1.82) is 0 Å². The maximum Gasteiger partial charge on any atom is 0.420 e. The summed E-state index contributed by atoms with van der Waals surface area (Å²) in [5.41, 5.74) is 3.69. The molecule has 1 radical (unpaired) electrons. The molecule has 3 rings (SSSR count). The number of benzene rings is 2. The van der Waals surface area contributed by atoms with Gasteiger partial charge in [-0.05, 0) is 22.3 Å². The Morgan fingerprint density at radius 1 is 1.00 bits per heavy atom. The van der Waals surface area contributed by atoms with Crippen molar-refractivity contribution in [3.8, 4) is 11.1 Å². The van der Waals surface area contributed by atoms with Crippen molar-refractivity contribution in [2.24, 2.45) is 0 Å². The summed E-state index contributed by atoms with van der Waals surface area (Å²) in [6.45, 7) is 1.18. The molecule has 0 aromatic heterocycles. The molecule has 0 N–H and O–H groups in total. The van der Waals surface area contributed by atoms with Crippen LogP contribution in [-0.2, 0) is 9.53 Å². The minimum atomic E-state index is -1.70. The number of hydrogen-bond acceptors (Lipinski definition) is 2. The Morgan fingerprint density at radius 2 is 1.50 bits per heavy atom. The minimum Gasteiger partial charge on any atom is -0.422 e. The molecule has 0 amide bonds. The highest BCUT2D eigenvalue weighted by molar-refractivity contribution is 5.79. The first-order valence-electron chi connectivity index (χ1n) is 5.68. The van der Waals surface area contributed by atoms with Crippen LogP contribution in [0.5, 0.6) is 0 Å². The van der Waals surface area contributed by atoms with Crippen LogP contribution >= 0.6 is 0 Å². The van der Waals surface area contributed by atoms with E-state index in [0.29, 0.717) is 0 Å². The lowest BCUT2D eigenvalue weighted by molar-refractivity contribution is 0.0383. The number of carbonyl (C=O) groups excluding carboxylic acids is 1. The summed E-state index contributed by atoms with van der Waals surface area (Å²) in [7, 11) is 0. The van der Waals surface area contributed by atoms with Crippen LogP contribution in [0, 0.1) is 0 Å². The van der Waals surface area contributed by atoms with Gasteiger partial charge in [-0.25, -0.2) is 9.18 Å². The Balaban J connectivity index is 2.17. The van der Waals surface area contributed by atoms with Gasteiger partial charge >= 0.3 is 6.47 Å². The lowest BCUT2D eigenvalue weighted by Crippen LogP contribution is -2.16. The molecule has 1 aliphatic rings. The van der Waals surface area contributed by atoms with E-state index in [1.54, 1.807) is 0 Å². The quantitative estimate of drug-likeness (QED) is 0.825. The predicted octanol–water partition coefficient (Wildman–Crippen LogP) is 3.18. The van der Waals surface area contributed by atoms with Crippen LogP contribution in [0.15, 0.2) is 48.5 Å². The first kappa shape index (κ1) is 11.0. The van der Waals surface area contributed by atoms with Crippen molar-refractivity contribution < 1.29 is 13.9 Å². The Hall–Kier alpha value is -2.16. The number of fused-ring (bicyclic) bond motifs is 3. The molecule has 18 heavy (non-hydrogen) atoms. The molecule has 1 atom stereocenters. The number of hydrogen-bond donors (Lipinski definition) is 0. The lowest BCUT2D eigenvalue weighted by Gasteiger charge is -2.16. The van der Waals surface area contributed by atoms with Gasteiger partial charge in [-0.2, -0.15) is 0 Å². The molecular weight excluding hydrogens is 231 g/mol. The fourth-order valence-corrected chi connectivity index (χ4v) is 2.59. The zero-order valence-electron chi connectivity index (χ0n) is 9.47. The summed E-state index contributed by atoms with van der Waals surface area (Å²) in [4.78, 5) is 10.2. The van der Waals surface area contributed by atoms with Crippen LogP contribution in [0.25, 0.3) is 11.1 Å². The van der Waals surface area contributed by atoms with Gasteiger partial charge in [-0.1, -0.05) is 48.5 Å². The summed E-state index contributed by atoms with van der Waals surface area (Å²) in [6.07, 6.45) is -1.70. The second kappa shape index (κ2) is 4.26. The van der Waals surface area contributed by atoms with Crippen molar-refractivity contribution in [2.45, 2.75) is 12.3 Å². The Kier molecular flexibility index (Phi) is 2.59. The molecule has 0 bridgehead atoms. The fraction of sp³-hybridized carbons (Fsp3) is 0.133. The zero-order chi connectivity index (χ0) is 12.5. The molecule has 2 aromatic carbocycles. The number of alkyl halides is 1. The molecule has 89 valence electrons. The molecular formula is C15H10FO2. The standard InChI is InChI=1S/C15H10FO2/c16-15(18-9-17)14-12-7-3-1-5-10(12)11-6-2-4-8-13(11)14/h1-8,14-15H. The van der Waals surface area contributed by atoms with Crippen molar-refractivity contribution in [1.82, 2.24) is 0 Å². The van der Waals surface area contributed by atoms with E-state index in [-0.39, 0.29) is 0 Å². The van der Waals surface area contributed by atoms with Gasteiger partial charge in [0.05, 0.1) is 5.92 Å². The van der Waals surface area contributed by atoms with Gasteiger partial charge < -0.3 is 4.74 Å². The molecule has 0 saturated carbocycles. The molecule has 0 spiro atoms. The monoisotopic (exact) mass is 241 g/mol. The van der Waals surface area contributed by atoms with E-state index >= 15 is 0 Å². The molecule has 1 unspecified atom stereocenters. The van der Waals surface area contributed by atoms with Crippen LogP contribution in [0.3, 0.4) is 0 Å². The van der Waals surface area contributed by atoms with Crippen LogP contribution in [-0.4, -0.2) is 12.8 Å². The highest BCUT2D eigenvalue weighted by Gasteiger charge is 2.35. The van der Waals surface area contributed by atoms with Gasteiger partial charge in [0.25, 0.3) is 6.36 Å². The third-order valence-corrected chi connectivity index (χ3v) is 3.30. The Bertz CT molecular complexity index is 549. The third kappa shape index (κ3) is 1.51. The summed E-state index contributed by atoms with van der Waals surface area (Å²) in [5, 5.41) is 0. The molecule has 3 heteroatoms. The smallest absolute Gasteiger partial charge is 0.420 e. The molecule has 0 saturated heterocycles. The summed E-state index contributed by atoms with van der Waals surface area (Å²) < 4.78 is 18.3. The SMILES string of the molecule is O=[C]OC(F)C1c2ccccc2-c2ccccc21. The number of ether oxygens (including phenoxy) is 1. The van der Waals surface area contributed by atoms with Gasteiger partial charge in [-0.15, -0.1) is 0 Å². The van der Waals surface area contributed by atoms with Crippen molar-refractivity contribution in [3.05, 3.63) is 59.7 Å². The van der Waals surface area contributed by atoms with Crippen molar-refractivity contribution in [2.75, 3.05) is 0 Å². The van der Waals surface area contributed by atoms with E-state index in [4.69, 9.17) is 0 Å². The summed E-state index contributed by atoms with van der Waals surface area (Å²) in [6, 6.07) is 15.2. The second-order valence-corrected chi connectivity index (χ2v) is 4.20. The molecule has 0 fully saturated rings. The Morgan fingerprint density at radius 3 is 2.00 bits per heavy atom. The topological polar surface area (TPSA) is 26.3 Å². The van der Waals surface area contributed by atoms with Crippen LogP contribution in [0.2, 0.25) is 0 Å². The predicted molar refractivity (Wildman–Crippen MR) is 65.4 cm³/mol. The van der Waals surface area contributed by atoms with Gasteiger partial charge in [0.15, 0.2) is 0 Å². The number of halogens is 1. The van der Waals surface area contributed by atoms with Gasteiger partial charge in [-0.3, -0.25) is 0 Å². The third-order valence-electron chi connectivity index (χ3n) is 3.30. The first-order chi connectivity index (χ1) is 8.83. The maximum absolute atomic E-state index is 14.0. The average molecular weight is 241 g/mol. The van der Waals surface area contributed by atoms with E-state index in [9.17, 15) is 9.18 Å². The largest absolute Gasteiger partial charge is 0.422 e. The average Bonchev–Trinajstić information content (AvgIpc) is 2.73. The first-order valence-corrected chi connectivity index (χ1v) is 5.68. The minimum absolute atomic E-state index is 0.557. The van der Waals surface area contributed by atoms with Gasteiger partial charge in [0.2, 0.25) is 0 Å². The zero-order valence-corrected chi connectivity index (χ0v) is 9.47. The van der Waals surface area contributed by atoms with E-state index < -0.39 is 12.3 Å². The lowest BCUT2D eigenvalue weighted by atomic mass is 9.97. The second-order valence-electron chi connectivity index (χ2n) is 4.20. The highest BCUT2D eigenvalue weighted by Crippen LogP contribution is 2.46. The Labute approximate surface area is 104 Å². The molecule has 2 aromatic rings. The van der Waals surface area contributed by atoms with Crippen LogP contribution in [0.4, 0.5) is 4.39 Å². The van der Waals surface area contributed by atoms with Crippen molar-refractivity contribution in [3.63, 3.8) is 0 Å². The summed E-state index contributed by atoms with van der Waals surface area (Å²) >= 11 is 0. The fourth-order valence-electron chi connectivity index (χ4n) is 2.59. The molecule has 1 aliphatic carbocycles. The summed E-state index contributed by atoms with van der Waals surface area (Å²) in [5.74, 6) is -0.557. The maximum atomic E-state index is 14.0. The van der Waals surface area contributed by atoms with Gasteiger partial charge in [0.1, 0.15) is 0 Å². The normalized spacial score (nSPS) is 14.7. The van der Waals surface area contributed by atoms with Crippen LogP contribution in [0.1, 0.15) is 17.0 Å². The molecule has 0 aliphatic heterocycles. The van der Waals surface area contributed by atoms with Gasteiger partial charge in [0, 0.05) is 0 Å². The van der Waals surface area contributed by atoms with E-state index in [1.807, 2.05) is 48.5 Å². The van der Waals surface area contributed by atoms with Crippen LogP contribution < -0.4 is 0 Å². The highest BCUT2D eigenvalue weighted by atomic mass is 19.1. The molecule has 2 nitrogen and oxygen atoms in total.